The molecule has 3 nitrogen and oxygen atoms in total. The van der Waals surface area contributed by atoms with Crippen LogP contribution >= 0.6 is 0 Å². The van der Waals surface area contributed by atoms with Crippen molar-refractivity contribution in [2.24, 2.45) is 11.8 Å². The van der Waals surface area contributed by atoms with Gasteiger partial charge in [0.05, 0.1) is 5.60 Å². The summed E-state index contributed by atoms with van der Waals surface area (Å²) in [7, 11) is 0. The molecule has 32 heavy (non-hydrogen) atoms. The molecule has 0 aliphatic heterocycles. The standard InChI is InChI=1S/C29H33NO2/c1-20-6-8-21(9-7-20)18-32-27-11-10-24-4-2-3-5-25(24)26(27)17-30-28-13-22-12-23(14-28)16-29(31,15-22)19-28/h2-11,22-23,30-31H,12-19H2,1H3. The van der Waals surface area contributed by atoms with Crippen molar-refractivity contribution in [3.63, 3.8) is 0 Å². The molecule has 4 aliphatic rings. The van der Waals surface area contributed by atoms with Gasteiger partial charge in [0.15, 0.2) is 0 Å². The van der Waals surface area contributed by atoms with Crippen LogP contribution in [0.3, 0.4) is 0 Å². The minimum atomic E-state index is -0.444. The summed E-state index contributed by atoms with van der Waals surface area (Å²) in [6.07, 6.45) is 6.63. The van der Waals surface area contributed by atoms with Crippen LogP contribution in [0.1, 0.15) is 55.2 Å². The van der Waals surface area contributed by atoms with E-state index >= 15 is 0 Å². The lowest BCUT2D eigenvalue weighted by Gasteiger charge is -2.60. The van der Waals surface area contributed by atoms with Gasteiger partial charge >= 0.3 is 0 Å². The van der Waals surface area contributed by atoms with Gasteiger partial charge in [-0.3, -0.25) is 0 Å². The Labute approximate surface area is 190 Å². The first-order valence-corrected chi connectivity index (χ1v) is 12.2. The normalized spacial score (nSPS) is 30.7. The van der Waals surface area contributed by atoms with E-state index in [-0.39, 0.29) is 5.54 Å². The molecule has 4 fully saturated rings. The van der Waals surface area contributed by atoms with Crippen molar-refractivity contribution in [1.29, 1.82) is 0 Å². The highest BCUT2D eigenvalue weighted by atomic mass is 16.5. The molecule has 166 valence electrons. The molecule has 4 saturated carbocycles. The Bertz CT molecular complexity index is 1120. The minimum Gasteiger partial charge on any atom is -0.489 e. The molecule has 2 N–H and O–H groups in total. The van der Waals surface area contributed by atoms with Crippen molar-refractivity contribution in [2.75, 3.05) is 0 Å². The monoisotopic (exact) mass is 427 g/mol. The maximum Gasteiger partial charge on any atom is 0.124 e. The lowest BCUT2D eigenvalue weighted by Crippen LogP contribution is -2.64. The Morgan fingerprint density at radius 2 is 1.69 bits per heavy atom. The summed E-state index contributed by atoms with van der Waals surface area (Å²) >= 11 is 0. The van der Waals surface area contributed by atoms with Gasteiger partial charge in [0.25, 0.3) is 0 Å². The van der Waals surface area contributed by atoms with E-state index in [1.165, 1.54) is 46.7 Å². The van der Waals surface area contributed by atoms with Crippen LogP contribution in [0.15, 0.2) is 60.7 Å². The number of ether oxygens (including phenoxy) is 1. The van der Waals surface area contributed by atoms with Crippen molar-refractivity contribution < 1.29 is 9.84 Å². The van der Waals surface area contributed by atoms with Crippen LogP contribution in [-0.2, 0) is 13.2 Å². The fourth-order valence-electron chi connectivity index (χ4n) is 7.18. The Balaban J connectivity index is 1.28. The van der Waals surface area contributed by atoms with Crippen LogP contribution in [0.25, 0.3) is 10.8 Å². The highest BCUT2D eigenvalue weighted by Crippen LogP contribution is 2.57. The minimum absolute atomic E-state index is 0.0734. The topological polar surface area (TPSA) is 41.5 Å². The Morgan fingerprint density at radius 1 is 0.938 bits per heavy atom. The summed E-state index contributed by atoms with van der Waals surface area (Å²) in [6, 6.07) is 21.4. The SMILES string of the molecule is Cc1ccc(COc2ccc3ccccc3c2CNC23CC4CC(CC(O)(C4)C2)C3)cc1. The Morgan fingerprint density at radius 3 is 2.44 bits per heavy atom. The fraction of sp³-hybridized carbons (Fsp3) is 0.448. The van der Waals surface area contributed by atoms with Crippen molar-refractivity contribution in [3.8, 4) is 5.75 Å². The number of rotatable bonds is 6. The van der Waals surface area contributed by atoms with Crippen LogP contribution in [-0.4, -0.2) is 16.2 Å². The van der Waals surface area contributed by atoms with Crippen LogP contribution in [0.5, 0.6) is 5.75 Å². The molecule has 4 bridgehead atoms. The van der Waals surface area contributed by atoms with Crippen LogP contribution < -0.4 is 10.1 Å². The number of nitrogens with one attached hydrogen (secondary N) is 1. The number of hydrogen-bond donors (Lipinski definition) is 2. The van der Waals surface area contributed by atoms with Crippen molar-refractivity contribution in [2.45, 2.75) is 69.7 Å². The van der Waals surface area contributed by atoms with Gasteiger partial charge in [-0.1, -0.05) is 60.2 Å². The molecule has 0 spiro atoms. The lowest BCUT2D eigenvalue weighted by atomic mass is 9.51. The summed E-state index contributed by atoms with van der Waals surface area (Å²) in [5.74, 6) is 2.32. The summed E-state index contributed by atoms with van der Waals surface area (Å²) in [6.45, 7) is 3.46. The molecular weight excluding hydrogens is 394 g/mol. The largest absolute Gasteiger partial charge is 0.489 e. The van der Waals surface area contributed by atoms with Crippen molar-refractivity contribution >= 4 is 10.8 Å². The van der Waals surface area contributed by atoms with Gasteiger partial charge < -0.3 is 15.2 Å². The van der Waals surface area contributed by atoms with E-state index in [1.54, 1.807) is 0 Å². The molecule has 0 amide bonds. The average Bonchev–Trinajstić information content (AvgIpc) is 2.76. The molecule has 0 radical (unpaired) electrons. The third-order valence-electron chi connectivity index (χ3n) is 8.18. The number of hydrogen-bond acceptors (Lipinski definition) is 3. The summed E-state index contributed by atoms with van der Waals surface area (Å²) < 4.78 is 6.37. The summed E-state index contributed by atoms with van der Waals surface area (Å²) in [4.78, 5) is 0. The maximum absolute atomic E-state index is 11.2. The van der Waals surface area contributed by atoms with Gasteiger partial charge in [-0.25, -0.2) is 0 Å². The van der Waals surface area contributed by atoms with Gasteiger partial charge in [0.1, 0.15) is 12.4 Å². The molecule has 2 unspecified atom stereocenters. The van der Waals surface area contributed by atoms with E-state index in [0.717, 1.165) is 31.6 Å². The molecule has 3 aromatic carbocycles. The first kappa shape index (κ1) is 20.3. The van der Waals surface area contributed by atoms with E-state index in [1.807, 2.05) is 0 Å². The molecule has 0 saturated heterocycles. The number of aliphatic hydroxyl groups is 1. The van der Waals surface area contributed by atoms with Gasteiger partial charge in [0, 0.05) is 17.6 Å². The zero-order chi connectivity index (χ0) is 21.8. The average molecular weight is 428 g/mol. The van der Waals surface area contributed by atoms with E-state index in [9.17, 15) is 5.11 Å². The second-order valence-electron chi connectivity index (χ2n) is 10.9. The third-order valence-corrected chi connectivity index (χ3v) is 8.18. The van der Waals surface area contributed by atoms with Gasteiger partial charge in [0.2, 0.25) is 0 Å². The number of benzene rings is 3. The lowest BCUT2D eigenvalue weighted by molar-refractivity contribution is -0.142. The fourth-order valence-corrected chi connectivity index (χ4v) is 7.18. The number of aryl methyl sites for hydroxylation is 1. The second kappa shape index (κ2) is 7.60. The molecule has 2 atom stereocenters. The zero-order valence-electron chi connectivity index (χ0n) is 18.9. The highest BCUT2D eigenvalue weighted by Gasteiger charge is 2.56. The predicted octanol–water partition coefficient (Wildman–Crippen LogP) is 5.90. The first-order valence-electron chi connectivity index (χ1n) is 12.2. The molecule has 3 heteroatoms. The maximum atomic E-state index is 11.2. The molecular formula is C29H33NO2. The van der Waals surface area contributed by atoms with Crippen LogP contribution in [0, 0.1) is 18.8 Å². The van der Waals surface area contributed by atoms with Crippen LogP contribution in [0.2, 0.25) is 0 Å². The first-order chi connectivity index (χ1) is 15.5. The molecule has 0 aromatic heterocycles. The van der Waals surface area contributed by atoms with E-state index in [4.69, 9.17) is 4.74 Å². The number of fused-ring (bicyclic) bond motifs is 1. The van der Waals surface area contributed by atoms with E-state index < -0.39 is 5.60 Å². The molecule has 7 rings (SSSR count). The van der Waals surface area contributed by atoms with Gasteiger partial charge in [-0.2, -0.15) is 0 Å². The van der Waals surface area contributed by atoms with Crippen molar-refractivity contribution in [3.05, 3.63) is 77.4 Å². The van der Waals surface area contributed by atoms with Crippen molar-refractivity contribution in [1.82, 2.24) is 5.32 Å². The highest BCUT2D eigenvalue weighted by molar-refractivity contribution is 5.87. The van der Waals surface area contributed by atoms with Gasteiger partial charge in [-0.15, -0.1) is 0 Å². The summed E-state index contributed by atoms with van der Waals surface area (Å²) in [5.41, 5.74) is 3.32. The molecule has 0 heterocycles. The smallest absolute Gasteiger partial charge is 0.124 e. The van der Waals surface area contributed by atoms with E-state index in [0.29, 0.717) is 18.4 Å². The Kier molecular flexibility index (Phi) is 4.81. The molecule has 3 aromatic rings. The summed E-state index contributed by atoms with van der Waals surface area (Å²) in [5, 5.41) is 17.6. The van der Waals surface area contributed by atoms with Gasteiger partial charge in [-0.05, 0) is 79.7 Å². The van der Waals surface area contributed by atoms with E-state index in [2.05, 4.69) is 72.9 Å². The second-order valence-corrected chi connectivity index (χ2v) is 10.9. The van der Waals surface area contributed by atoms with Crippen LogP contribution in [0.4, 0.5) is 0 Å². The zero-order valence-corrected chi connectivity index (χ0v) is 18.9. The predicted molar refractivity (Wildman–Crippen MR) is 129 cm³/mol. The Hall–Kier alpha value is -2.36. The third kappa shape index (κ3) is 3.72. The quantitative estimate of drug-likeness (QED) is 0.515. The molecule has 4 aliphatic carbocycles.